The molecule has 1 unspecified atom stereocenters. The summed E-state index contributed by atoms with van der Waals surface area (Å²) >= 11 is 1.30. The van der Waals surface area contributed by atoms with E-state index in [0.29, 0.717) is 5.16 Å². The van der Waals surface area contributed by atoms with Crippen LogP contribution in [0.15, 0.2) is 78.0 Å². The Kier molecular flexibility index (Phi) is 6.51. The highest BCUT2D eigenvalue weighted by Gasteiger charge is 2.25. The van der Waals surface area contributed by atoms with E-state index < -0.39 is 5.25 Å². The van der Waals surface area contributed by atoms with E-state index in [1.54, 1.807) is 11.8 Å². The zero-order valence-electron chi connectivity index (χ0n) is 18.0. The normalized spacial score (nSPS) is 11.7. The molecule has 1 heterocycles. The fraction of sp³-hybridized carbons (Fsp3) is 0.167. The van der Waals surface area contributed by atoms with Crippen molar-refractivity contribution in [3.8, 4) is 11.4 Å². The zero-order valence-corrected chi connectivity index (χ0v) is 18.8. The zero-order chi connectivity index (χ0) is 22.5. The second kappa shape index (κ2) is 9.65. The van der Waals surface area contributed by atoms with Crippen molar-refractivity contribution < 1.29 is 9.53 Å². The maximum atomic E-state index is 13.4. The van der Waals surface area contributed by atoms with Crippen molar-refractivity contribution in [1.29, 1.82) is 0 Å². The highest BCUT2D eigenvalue weighted by molar-refractivity contribution is 8.00. The molecule has 1 atom stereocenters. The van der Waals surface area contributed by atoms with Crippen LogP contribution in [0.5, 0.6) is 5.75 Å². The lowest BCUT2D eigenvalue weighted by Gasteiger charge is -2.17. The third-order valence-electron chi connectivity index (χ3n) is 4.81. The van der Waals surface area contributed by atoms with Crippen LogP contribution < -0.4 is 10.1 Å². The van der Waals surface area contributed by atoms with Crippen LogP contribution in [0.3, 0.4) is 0 Å². The van der Waals surface area contributed by atoms with Gasteiger partial charge in [-0.15, -0.1) is 5.10 Å². The molecule has 1 amide bonds. The largest absolute Gasteiger partial charge is 0.497 e. The number of amides is 1. The topological polar surface area (TPSA) is 81.9 Å². The van der Waals surface area contributed by atoms with Gasteiger partial charge < -0.3 is 10.1 Å². The van der Waals surface area contributed by atoms with Gasteiger partial charge in [-0.3, -0.25) is 4.79 Å². The Bertz CT molecular complexity index is 1190. The molecule has 32 heavy (non-hydrogen) atoms. The number of nitrogens with zero attached hydrogens (tertiary/aromatic N) is 4. The van der Waals surface area contributed by atoms with Crippen LogP contribution >= 0.6 is 11.8 Å². The molecule has 8 heteroatoms. The molecular formula is C24H23N5O2S. The van der Waals surface area contributed by atoms with E-state index in [2.05, 4.69) is 26.9 Å². The van der Waals surface area contributed by atoms with Crippen LogP contribution in [0, 0.1) is 13.8 Å². The van der Waals surface area contributed by atoms with Crippen molar-refractivity contribution in [2.45, 2.75) is 24.3 Å². The number of aryl methyl sites for hydroxylation is 2. The van der Waals surface area contributed by atoms with Crippen molar-refractivity contribution in [3.05, 3.63) is 89.5 Å². The number of tetrazole rings is 1. The standard InChI is InChI=1S/C24H23N5O2S/c1-16-13-17(2)15-19(14-16)25-23(30)22(18-7-5-4-6-8-18)32-24-26-27-28-29(24)20-9-11-21(31-3)12-10-20/h4-15,22H,1-3H3,(H,25,30). The quantitative estimate of drug-likeness (QED) is 0.413. The molecule has 0 bridgehead atoms. The molecule has 0 radical (unpaired) electrons. The van der Waals surface area contributed by atoms with Crippen LogP contribution in [0.1, 0.15) is 21.9 Å². The Morgan fingerprint density at radius 1 is 1.00 bits per heavy atom. The molecule has 0 saturated carbocycles. The lowest BCUT2D eigenvalue weighted by atomic mass is 10.1. The van der Waals surface area contributed by atoms with Gasteiger partial charge in [0, 0.05) is 5.69 Å². The van der Waals surface area contributed by atoms with Gasteiger partial charge in [-0.1, -0.05) is 48.2 Å². The fourth-order valence-electron chi connectivity index (χ4n) is 3.40. The number of aromatic nitrogens is 4. The van der Waals surface area contributed by atoms with Crippen molar-refractivity contribution in [2.75, 3.05) is 12.4 Å². The monoisotopic (exact) mass is 445 g/mol. The summed E-state index contributed by atoms with van der Waals surface area (Å²) in [6.45, 7) is 4.02. The van der Waals surface area contributed by atoms with E-state index in [1.807, 2.05) is 80.6 Å². The molecule has 1 N–H and O–H groups in total. The van der Waals surface area contributed by atoms with E-state index in [4.69, 9.17) is 4.74 Å². The van der Waals surface area contributed by atoms with Crippen LogP contribution in [-0.4, -0.2) is 33.2 Å². The summed E-state index contributed by atoms with van der Waals surface area (Å²) in [7, 11) is 1.62. The molecule has 1 aromatic heterocycles. The number of ether oxygens (including phenoxy) is 1. The second-order valence-electron chi connectivity index (χ2n) is 7.35. The summed E-state index contributed by atoms with van der Waals surface area (Å²) in [5.41, 5.74) is 4.59. The predicted molar refractivity (Wildman–Crippen MR) is 125 cm³/mol. The highest BCUT2D eigenvalue weighted by Crippen LogP contribution is 2.36. The van der Waals surface area contributed by atoms with Gasteiger partial charge in [-0.2, -0.15) is 4.68 Å². The maximum absolute atomic E-state index is 13.4. The number of rotatable bonds is 7. The smallest absolute Gasteiger partial charge is 0.242 e. The molecule has 7 nitrogen and oxygen atoms in total. The first kappa shape index (κ1) is 21.6. The maximum Gasteiger partial charge on any atom is 0.242 e. The lowest BCUT2D eigenvalue weighted by molar-refractivity contribution is -0.115. The third-order valence-corrected chi connectivity index (χ3v) is 6.00. The molecule has 4 aromatic rings. The van der Waals surface area contributed by atoms with Crippen molar-refractivity contribution in [1.82, 2.24) is 20.2 Å². The number of carbonyl (C=O) groups is 1. The number of benzene rings is 3. The molecule has 0 saturated heterocycles. The summed E-state index contributed by atoms with van der Waals surface area (Å²) in [4.78, 5) is 13.4. The Hall–Kier alpha value is -3.65. The van der Waals surface area contributed by atoms with E-state index in [-0.39, 0.29) is 5.91 Å². The molecule has 0 aliphatic rings. The SMILES string of the molecule is COc1ccc(-n2nnnc2SC(C(=O)Nc2cc(C)cc(C)c2)c2ccccc2)cc1. The lowest BCUT2D eigenvalue weighted by Crippen LogP contribution is -2.19. The van der Waals surface area contributed by atoms with Gasteiger partial charge in [0.15, 0.2) is 0 Å². The average molecular weight is 446 g/mol. The summed E-state index contributed by atoms with van der Waals surface area (Å²) in [5, 5.41) is 15.1. The first-order valence-electron chi connectivity index (χ1n) is 10.1. The third kappa shape index (κ3) is 4.97. The number of anilines is 1. The van der Waals surface area contributed by atoms with Crippen LogP contribution in [0.2, 0.25) is 0 Å². The number of hydrogen-bond acceptors (Lipinski definition) is 6. The molecular weight excluding hydrogens is 422 g/mol. The fourth-order valence-corrected chi connectivity index (χ4v) is 4.39. The summed E-state index contributed by atoms with van der Waals surface area (Å²) < 4.78 is 6.84. The predicted octanol–water partition coefficient (Wildman–Crippen LogP) is 4.76. The van der Waals surface area contributed by atoms with Gasteiger partial charge in [-0.25, -0.2) is 0 Å². The molecule has 4 rings (SSSR count). The van der Waals surface area contributed by atoms with Gasteiger partial charge in [-0.05, 0) is 77.4 Å². The molecule has 3 aromatic carbocycles. The molecule has 0 fully saturated rings. The van der Waals surface area contributed by atoms with Crippen molar-refractivity contribution in [2.24, 2.45) is 0 Å². The molecule has 0 aliphatic heterocycles. The summed E-state index contributed by atoms with van der Waals surface area (Å²) in [6, 6.07) is 23.0. The van der Waals surface area contributed by atoms with E-state index in [0.717, 1.165) is 33.8 Å². The minimum absolute atomic E-state index is 0.143. The number of carbonyl (C=O) groups excluding carboxylic acids is 1. The van der Waals surface area contributed by atoms with Gasteiger partial charge in [0.25, 0.3) is 0 Å². The number of nitrogens with one attached hydrogen (secondary N) is 1. The van der Waals surface area contributed by atoms with Gasteiger partial charge in [0.1, 0.15) is 11.0 Å². The number of methoxy groups -OCH3 is 1. The minimum Gasteiger partial charge on any atom is -0.497 e. The summed E-state index contributed by atoms with van der Waals surface area (Å²) in [6.07, 6.45) is 0. The molecule has 0 spiro atoms. The average Bonchev–Trinajstić information content (AvgIpc) is 3.25. The summed E-state index contributed by atoms with van der Waals surface area (Å²) in [5.74, 6) is 0.599. The van der Waals surface area contributed by atoms with Crippen LogP contribution in [0.4, 0.5) is 5.69 Å². The van der Waals surface area contributed by atoms with Crippen molar-refractivity contribution in [3.63, 3.8) is 0 Å². The van der Waals surface area contributed by atoms with E-state index in [1.165, 1.54) is 11.8 Å². The van der Waals surface area contributed by atoms with Gasteiger partial charge in [0.05, 0.1) is 12.8 Å². The Labute approximate surface area is 190 Å². The van der Waals surface area contributed by atoms with Crippen molar-refractivity contribution >= 4 is 23.4 Å². The number of thioether (sulfide) groups is 1. The Balaban J connectivity index is 1.64. The van der Waals surface area contributed by atoms with Gasteiger partial charge >= 0.3 is 0 Å². The minimum atomic E-state index is -0.542. The van der Waals surface area contributed by atoms with E-state index in [9.17, 15) is 4.79 Å². The molecule has 0 aliphatic carbocycles. The first-order chi connectivity index (χ1) is 15.5. The van der Waals surface area contributed by atoms with Gasteiger partial charge in [0.2, 0.25) is 11.1 Å². The van der Waals surface area contributed by atoms with Crippen LogP contribution in [0.25, 0.3) is 5.69 Å². The Morgan fingerprint density at radius 2 is 1.69 bits per heavy atom. The first-order valence-corrected chi connectivity index (χ1v) is 10.9. The Morgan fingerprint density at radius 3 is 2.34 bits per heavy atom. The van der Waals surface area contributed by atoms with Crippen LogP contribution in [-0.2, 0) is 4.79 Å². The second-order valence-corrected chi connectivity index (χ2v) is 8.42. The molecule has 162 valence electrons. The number of hydrogen-bond donors (Lipinski definition) is 1. The highest BCUT2D eigenvalue weighted by atomic mass is 32.2. The van der Waals surface area contributed by atoms with E-state index >= 15 is 0 Å².